The van der Waals surface area contributed by atoms with Crippen molar-refractivity contribution < 1.29 is 29.3 Å². The van der Waals surface area contributed by atoms with Gasteiger partial charge in [0.1, 0.15) is 16.1 Å². The first kappa shape index (κ1) is 25.9. The minimum Gasteiger partial charge on any atom is -0.494 e. The van der Waals surface area contributed by atoms with E-state index in [9.17, 15) is 19.5 Å². The lowest BCUT2D eigenvalue weighted by Gasteiger charge is -2.22. The highest BCUT2D eigenvalue weighted by Crippen LogP contribution is 2.35. The highest BCUT2D eigenvalue weighted by Gasteiger charge is 2.40. The molecule has 0 radical (unpaired) electrons. The summed E-state index contributed by atoms with van der Waals surface area (Å²) in [4.78, 5) is 36.5. The number of carboxylic acids is 2. The topological polar surface area (TPSA) is 104 Å². The van der Waals surface area contributed by atoms with Gasteiger partial charge in [0.25, 0.3) is 5.91 Å². The zero-order valence-corrected chi connectivity index (χ0v) is 19.8. The van der Waals surface area contributed by atoms with Gasteiger partial charge < -0.3 is 14.9 Å². The number of hydrogen-bond acceptors (Lipinski definition) is 6. The number of unbranched alkanes of at least 4 members (excludes halogenated alkanes) is 5. The molecule has 1 aliphatic rings. The maximum Gasteiger partial charge on any atom is 0.326 e. The number of carboxylic acid groups (broad SMARTS) is 2. The van der Waals surface area contributed by atoms with E-state index in [4.69, 9.17) is 22.1 Å². The van der Waals surface area contributed by atoms with Crippen molar-refractivity contribution in [3.05, 3.63) is 34.7 Å². The Morgan fingerprint density at radius 3 is 2.41 bits per heavy atom. The Balaban J connectivity index is 1.94. The summed E-state index contributed by atoms with van der Waals surface area (Å²) in [7, 11) is 0. The predicted octanol–water partition coefficient (Wildman–Crippen LogP) is 4.95. The van der Waals surface area contributed by atoms with Gasteiger partial charge in [-0.15, -0.1) is 0 Å². The van der Waals surface area contributed by atoms with Crippen LogP contribution in [0.4, 0.5) is 0 Å². The molecule has 2 N–H and O–H groups in total. The summed E-state index contributed by atoms with van der Waals surface area (Å²) in [5, 5.41) is 18.3. The molecule has 1 atom stereocenters. The molecule has 1 aromatic rings. The average molecular weight is 480 g/mol. The summed E-state index contributed by atoms with van der Waals surface area (Å²) < 4.78 is 5.87. The number of amides is 1. The van der Waals surface area contributed by atoms with E-state index >= 15 is 0 Å². The van der Waals surface area contributed by atoms with E-state index in [1.165, 1.54) is 25.7 Å². The monoisotopic (exact) mass is 479 g/mol. The molecular weight excluding hydrogens is 450 g/mol. The molecule has 1 amide bonds. The molecule has 174 valence electrons. The van der Waals surface area contributed by atoms with Crippen LogP contribution in [0.15, 0.2) is 29.2 Å². The predicted molar refractivity (Wildman–Crippen MR) is 129 cm³/mol. The first-order valence-electron chi connectivity index (χ1n) is 10.8. The van der Waals surface area contributed by atoms with Crippen molar-refractivity contribution in [1.82, 2.24) is 4.90 Å². The summed E-state index contributed by atoms with van der Waals surface area (Å²) in [6, 6.07) is 6.00. The Hall–Kier alpha value is -2.39. The van der Waals surface area contributed by atoms with E-state index in [0.717, 1.165) is 40.8 Å². The average Bonchev–Trinajstić information content (AvgIpc) is 3.02. The Kier molecular flexibility index (Phi) is 10.7. The molecule has 1 aliphatic heterocycles. The second-order valence-electron chi connectivity index (χ2n) is 7.52. The fraction of sp³-hybridized carbons (Fsp3) is 0.478. The number of thioether (sulfide) groups is 1. The molecular formula is C23H29NO6S2. The van der Waals surface area contributed by atoms with E-state index in [1.54, 1.807) is 6.08 Å². The number of aliphatic carboxylic acids is 2. The van der Waals surface area contributed by atoms with E-state index in [0.29, 0.717) is 11.5 Å². The Morgan fingerprint density at radius 2 is 1.78 bits per heavy atom. The molecule has 0 bridgehead atoms. The second-order valence-corrected chi connectivity index (χ2v) is 9.20. The lowest BCUT2D eigenvalue weighted by molar-refractivity contribution is -0.146. The van der Waals surface area contributed by atoms with E-state index in [1.807, 2.05) is 24.3 Å². The molecule has 0 saturated carbocycles. The molecule has 1 heterocycles. The molecule has 1 fully saturated rings. The fourth-order valence-electron chi connectivity index (χ4n) is 3.26. The first-order chi connectivity index (χ1) is 15.3. The van der Waals surface area contributed by atoms with Gasteiger partial charge in [-0.05, 0) is 36.6 Å². The molecule has 1 aromatic carbocycles. The van der Waals surface area contributed by atoms with Gasteiger partial charge in [0, 0.05) is 6.42 Å². The highest BCUT2D eigenvalue weighted by molar-refractivity contribution is 8.26. The molecule has 0 aromatic heterocycles. The lowest BCUT2D eigenvalue weighted by atomic mass is 10.1. The number of hydrogen-bond donors (Lipinski definition) is 2. The number of nitrogens with zero attached hydrogens (tertiary/aromatic N) is 1. The van der Waals surface area contributed by atoms with Crippen molar-refractivity contribution >= 4 is 52.2 Å². The van der Waals surface area contributed by atoms with Crippen LogP contribution in [0.1, 0.15) is 63.9 Å². The van der Waals surface area contributed by atoms with Crippen molar-refractivity contribution in [2.45, 2.75) is 64.3 Å². The second kappa shape index (κ2) is 13.2. The number of carbonyl (C=O) groups excluding carboxylic acids is 1. The first-order valence-corrected chi connectivity index (χ1v) is 12.0. The van der Waals surface area contributed by atoms with Gasteiger partial charge >= 0.3 is 11.9 Å². The van der Waals surface area contributed by atoms with Crippen molar-refractivity contribution in [2.24, 2.45) is 0 Å². The summed E-state index contributed by atoms with van der Waals surface area (Å²) in [6.07, 6.45) is 8.25. The van der Waals surface area contributed by atoms with E-state index in [2.05, 4.69) is 6.92 Å². The zero-order valence-electron chi connectivity index (χ0n) is 18.1. The van der Waals surface area contributed by atoms with Crippen LogP contribution in [0.3, 0.4) is 0 Å². The normalized spacial score (nSPS) is 15.9. The van der Waals surface area contributed by atoms with Crippen molar-refractivity contribution in [3.63, 3.8) is 0 Å². The van der Waals surface area contributed by atoms with Crippen molar-refractivity contribution in [3.8, 4) is 5.75 Å². The Labute approximate surface area is 197 Å². The maximum absolute atomic E-state index is 12.8. The number of thiocarbonyl (C=S) groups is 1. The minimum absolute atomic E-state index is 0.109. The van der Waals surface area contributed by atoms with Crippen molar-refractivity contribution in [1.29, 1.82) is 0 Å². The molecule has 2 rings (SSSR count). The van der Waals surface area contributed by atoms with Gasteiger partial charge in [-0.1, -0.05) is 75.1 Å². The number of rotatable bonds is 14. The summed E-state index contributed by atoms with van der Waals surface area (Å²) in [6.45, 7) is 2.86. The molecule has 9 heteroatoms. The van der Waals surface area contributed by atoms with Crippen molar-refractivity contribution in [2.75, 3.05) is 6.61 Å². The number of benzene rings is 1. The fourth-order valence-corrected chi connectivity index (χ4v) is 4.61. The third-order valence-corrected chi connectivity index (χ3v) is 6.33. The molecule has 0 spiro atoms. The van der Waals surface area contributed by atoms with Gasteiger partial charge in [0.05, 0.1) is 11.5 Å². The third kappa shape index (κ3) is 7.94. The summed E-state index contributed by atoms with van der Waals surface area (Å²) in [5.74, 6) is -2.18. The van der Waals surface area contributed by atoms with Gasteiger partial charge in [0.15, 0.2) is 0 Å². The SMILES string of the molecule is CCCCCCCCOc1ccc(/C=C2/SC(=S)N(C(CCC(=O)O)C(=O)O)C2=O)cc1. The van der Waals surface area contributed by atoms with Crippen LogP contribution < -0.4 is 4.74 Å². The number of carbonyl (C=O) groups is 3. The van der Waals surface area contributed by atoms with Crippen LogP contribution in [0.2, 0.25) is 0 Å². The van der Waals surface area contributed by atoms with Gasteiger partial charge in [-0.25, -0.2) is 4.79 Å². The lowest BCUT2D eigenvalue weighted by Crippen LogP contribution is -2.44. The Morgan fingerprint density at radius 1 is 1.12 bits per heavy atom. The van der Waals surface area contributed by atoms with Gasteiger partial charge in [0.2, 0.25) is 0 Å². The van der Waals surface area contributed by atoms with Crippen LogP contribution in [0.5, 0.6) is 5.75 Å². The summed E-state index contributed by atoms with van der Waals surface area (Å²) >= 11 is 6.21. The van der Waals surface area contributed by atoms with E-state index in [-0.39, 0.29) is 17.2 Å². The minimum atomic E-state index is -1.30. The Bertz CT molecular complexity index is 853. The number of ether oxygens (including phenoxy) is 1. The molecule has 32 heavy (non-hydrogen) atoms. The molecule has 0 aliphatic carbocycles. The van der Waals surface area contributed by atoms with Crippen LogP contribution in [0, 0.1) is 0 Å². The standard InChI is InChI=1S/C23H29NO6S2/c1-2-3-4-5-6-7-14-30-17-10-8-16(9-11-17)15-19-21(27)24(23(31)32-19)18(22(28)29)12-13-20(25)26/h8-11,15,18H,2-7,12-14H2,1H3,(H,25,26)(H,28,29)/b19-15+. The zero-order chi connectivity index (χ0) is 23.5. The quantitative estimate of drug-likeness (QED) is 0.220. The van der Waals surface area contributed by atoms with Crippen LogP contribution in [0.25, 0.3) is 6.08 Å². The third-order valence-electron chi connectivity index (χ3n) is 5.00. The smallest absolute Gasteiger partial charge is 0.326 e. The van der Waals surface area contributed by atoms with Crippen LogP contribution in [-0.2, 0) is 14.4 Å². The highest BCUT2D eigenvalue weighted by atomic mass is 32.2. The summed E-state index contributed by atoms with van der Waals surface area (Å²) in [5.41, 5.74) is 0.759. The maximum atomic E-state index is 12.8. The molecule has 7 nitrogen and oxygen atoms in total. The molecule has 1 saturated heterocycles. The molecule has 1 unspecified atom stereocenters. The van der Waals surface area contributed by atoms with E-state index < -0.39 is 23.9 Å². The van der Waals surface area contributed by atoms with Crippen LogP contribution in [-0.4, -0.2) is 49.9 Å². The van der Waals surface area contributed by atoms with Gasteiger partial charge in [-0.3, -0.25) is 14.5 Å². The van der Waals surface area contributed by atoms with Gasteiger partial charge in [-0.2, -0.15) is 0 Å². The largest absolute Gasteiger partial charge is 0.494 e. The van der Waals surface area contributed by atoms with Crippen LogP contribution >= 0.6 is 24.0 Å².